The molecule has 0 spiro atoms. The quantitative estimate of drug-likeness (QED) is 0.575. The van der Waals surface area contributed by atoms with Crippen molar-refractivity contribution < 1.29 is 22.7 Å². The van der Waals surface area contributed by atoms with Gasteiger partial charge in [0.15, 0.2) is 0 Å². The van der Waals surface area contributed by atoms with Gasteiger partial charge in [0, 0.05) is 37.1 Å². The SMILES string of the molecule is CC(C)(C)OC(=O)NCC1CCC(Nc2ccc(N3CCC(C(F)(F)F)CC3)cc2)CC1. The minimum absolute atomic E-state index is 0.162. The van der Waals surface area contributed by atoms with Gasteiger partial charge in [-0.2, -0.15) is 13.2 Å². The van der Waals surface area contributed by atoms with Crippen LogP contribution in [0, 0.1) is 11.8 Å². The second kappa shape index (κ2) is 10.2. The highest BCUT2D eigenvalue weighted by molar-refractivity contribution is 5.67. The summed E-state index contributed by atoms with van der Waals surface area (Å²) in [5, 5.41) is 6.45. The molecule has 3 rings (SSSR count). The molecule has 1 saturated heterocycles. The minimum Gasteiger partial charge on any atom is -0.444 e. The molecule has 1 aromatic carbocycles. The summed E-state index contributed by atoms with van der Waals surface area (Å²) in [5.74, 6) is -0.711. The fourth-order valence-electron chi connectivity index (χ4n) is 4.52. The fraction of sp³-hybridized carbons (Fsp3) is 0.708. The van der Waals surface area contributed by atoms with Crippen molar-refractivity contribution in [2.24, 2.45) is 11.8 Å². The minimum atomic E-state index is -4.08. The van der Waals surface area contributed by atoms with E-state index in [2.05, 4.69) is 10.6 Å². The second-order valence-electron chi connectivity index (χ2n) is 10.1. The van der Waals surface area contributed by atoms with Gasteiger partial charge in [0.25, 0.3) is 0 Å². The van der Waals surface area contributed by atoms with E-state index in [1.807, 2.05) is 49.9 Å². The van der Waals surface area contributed by atoms with Gasteiger partial charge in [-0.25, -0.2) is 4.79 Å². The summed E-state index contributed by atoms with van der Waals surface area (Å²) in [5.41, 5.74) is 1.53. The maximum absolute atomic E-state index is 12.9. The van der Waals surface area contributed by atoms with Crippen molar-refractivity contribution in [3.63, 3.8) is 0 Å². The number of amides is 1. The average Bonchev–Trinajstić information content (AvgIpc) is 2.72. The van der Waals surface area contributed by atoms with E-state index in [1.165, 1.54) is 0 Å². The molecule has 0 bridgehead atoms. The number of rotatable bonds is 5. The topological polar surface area (TPSA) is 53.6 Å². The van der Waals surface area contributed by atoms with E-state index in [4.69, 9.17) is 4.74 Å². The smallest absolute Gasteiger partial charge is 0.407 e. The first-order chi connectivity index (χ1) is 15.0. The molecule has 0 aromatic heterocycles. The van der Waals surface area contributed by atoms with Crippen LogP contribution < -0.4 is 15.5 Å². The highest BCUT2D eigenvalue weighted by atomic mass is 19.4. The van der Waals surface area contributed by atoms with Gasteiger partial charge < -0.3 is 20.3 Å². The van der Waals surface area contributed by atoms with Gasteiger partial charge in [0.2, 0.25) is 0 Å². The molecule has 1 aliphatic carbocycles. The normalized spacial score (nSPS) is 23.0. The lowest BCUT2D eigenvalue weighted by molar-refractivity contribution is -0.179. The molecule has 2 N–H and O–H groups in total. The number of benzene rings is 1. The summed E-state index contributed by atoms with van der Waals surface area (Å²) in [7, 11) is 0. The maximum atomic E-state index is 12.9. The van der Waals surface area contributed by atoms with E-state index in [-0.39, 0.29) is 18.9 Å². The van der Waals surface area contributed by atoms with Crippen LogP contribution in [0.3, 0.4) is 0 Å². The molecule has 1 aromatic rings. The maximum Gasteiger partial charge on any atom is 0.407 e. The zero-order valence-corrected chi connectivity index (χ0v) is 19.3. The third kappa shape index (κ3) is 7.48. The summed E-state index contributed by atoms with van der Waals surface area (Å²) in [6.07, 6.45) is 0.0380. The molecule has 0 atom stereocenters. The molecule has 0 unspecified atom stereocenters. The predicted octanol–water partition coefficient (Wildman–Crippen LogP) is 5.96. The van der Waals surface area contributed by atoms with E-state index in [0.29, 0.717) is 31.6 Å². The van der Waals surface area contributed by atoms with Crippen molar-refractivity contribution in [2.75, 3.05) is 29.9 Å². The Morgan fingerprint density at radius 3 is 2.12 bits per heavy atom. The molecule has 1 aliphatic heterocycles. The number of carbonyl (C=O) groups excluding carboxylic acids is 1. The van der Waals surface area contributed by atoms with Crippen LogP contribution in [0.15, 0.2) is 24.3 Å². The van der Waals surface area contributed by atoms with Crippen LogP contribution in [0.1, 0.15) is 59.3 Å². The molecule has 0 radical (unpaired) electrons. The first-order valence-electron chi connectivity index (χ1n) is 11.6. The van der Waals surface area contributed by atoms with Crippen molar-refractivity contribution in [1.29, 1.82) is 0 Å². The molecule has 8 heteroatoms. The first-order valence-corrected chi connectivity index (χ1v) is 11.6. The molecule has 32 heavy (non-hydrogen) atoms. The highest BCUT2D eigenvalue weighted by Gasteiger charge is 2.41. The zero-order chi connectivity index (χ0) is 23.4. The lowest BCUT2D eigenvalue weighted by Gasteiger charge is -2.34. The summed E-state index contributed by atoms with van der Waals surface area (Å²) >= 11 is 0. The molecule has 2 aliphatic rings. The third-order valence-electron chi connectivity index (χ3n) is 6.34. The Morgan fingerprint density at radius 1 is 1.00 bits per heavy atom. The van der Waals surface area contributed by atoms with Gasteiger partial charge in [-0.15, -0.1) is 0 Å². The van der Waals surface area contributed by atoms with Crippen molar-refractivity contribution in [3.05, 3.63) is 24.3 Å². The van der Waals surface area contributed by atoms with E-state index < -0.39 is 17.7 Å². The van der Waals surface area contributed by atoms with Crippen LogP contribution in [-0.2, 0) is 4.74 Å². The number of hydrogen-bond donors (Lipinski definition) is 2. The van der Waals surface area contributed by atoms with E-state index >= 15 is 0 Å². The standard InChI is InChI=1S/C24H36F3N3O2/c1-23(2,3)32-22(31)28-16-17-4-6-19(7-5-17)29-20-8-10-21(11-9-20)30-14-12-18(13-15-30)24(25,26)27/h8-11,17-19,29H,4-7,12-16H2,1-3H3,(H,28,31). The van der Waals surface area contributed by atoms with Gasteiger partial charge in [-0.05, 0) is 89.5 Å². The Kier molecular flexibility index (Phi) is 7.83. The molecular formula is C24H36F3N3O2. The van der Waals surface area contributed by atoms with Crippen molar-refractivity contribution in [3.8, 4) is 0 Å². The Morgan fingerprint density at radius 2 is 1.59 bits per heavy atom. The number of nitrogens with zero attached hydrogens (tertiary/aromatic N) is 1. The monoisotopic (exact) mass is 455 g/mol. The van der Waals surface area contributed by atoms with Gasteiger partial charge in [0.1, 0.15) is 5.60 Å². The van der Waals surface area contributed by atoms with Gasteiger partial charge in [0.05, 0.1) is 5.92 Å². The van der Waals surface area contributed by atoms with Gasteiger partial charge in [-0.3, -0.25) is 0 Å². The van der Waals surface area contributed by atoms with Gasteiger partial charge in [-0.1, -0.05) is 0 Å². The van der Waals surface area contributed by atoms with Crippen LogP contribution in [0.25, 0.3) is 0 Å². The van der Waals surface area contributed by atoms with E-state index in [1.54, 1.807) is 0 Å². The summed E-state index contributed by atoms with van der Waals surface area (Å²) in [6, 6.07) is 8.41. The van der Waals surface area contributed by atoms with Crippen LogP contribution in [0.2, 0.25) is 0 Å². The van der Waals surface area contributed by atoms with Crippen molar-refractivity contribution >= 4 is 17.5 Å². The number of anilines is 2. The summed E-state index contributed by atoms with van der Waals surface area (Å²) in [4.78, 5) is 13.8. The number of carbonyl (C=O) groups is 1. The predicted molar refractivity (Wildman–Crippen MR) is 121 cm³/mol. The average molecular weight is 456 g/mol. The highest BCUT2D eigenvalue weighted by Crippen LogP contribution is 2.35. The Bertz CT molecular complexity index is 730. The molecule has 1 saturated carbocycles. The number of ether oxygens (including phenoxy) is 1. The number of alkyl carbamates (subject to hydrolysis) is 1. The molecule has 1 amide bonds. The van der Waals surface area contributed by atoms with Crippen LogP contribution in [0.5, 0.6) is 0 Å². The largest absolute Gasteiger partial charge is 0.444 e. The number of halogens is 3. The number of hydrogen-bond acceptors (Lipinski definition) is 4. The fourth-order valence-corrected chi connectivity index (χ4v) is 4.52. The summed E-state index contributed by atoms with van der Waals surface area (Å²) in [6.45, 7) is 7.08. The Labute approximate surface area is 189 Å². The third-order valence-corrected chi connectivity index (χ3v) is 6.34. The van der Waals surface area contributed by atoms with E-state index in [0.717, 1.165) is 37.1 Å². The molecule has 5 nitrogen and oxygen atoms in total. The Balaban J connectivity index is 1.38. The van der Waals surface area contributed by atoms with Crippen molar-refractivity contribution in [2.45, 2.75) is 77.1 Å². The first kappa shape index (κ1) is 24.5. The van der Waals surface area contributed by atoms with Crippen LogP contribution in [-0.4, -0.2) is 43.5 Å². The number of nitrogens with one attached hydrogen (secondary N) is 2. The summed E-state index contributed by atoms with van der Waals surface area (Å²) < 4.78 is 43.9. The second-order valence-corrected chi connectivity index (χ2v) is 10.1. The number of piperidine rings is 1. The molecule has 180 valence electrons. The lowest BCUT2D eigenvalue weighted by Crippen LogP contribution is -2.39. The molecular weight excluding hydrogens is 419 g/mol. The zero-order valence-electron chi connectivity index (χ0n) is 19.3. The lowest BCUT2D eigenvalue weighted by atomic mass is 9.86. The van der Waals surface area contributed by atoms with Crippen LogP contribution >= 0.6 is 0 Å². The molecule has 1 heterocycles. The number of alkyl halides is 3. The van der Waals surface area contributed by atoms with Gasteiger partial charge >= 0.3 is 12.3 Å². The molecule has 2 fully saturated rings. The Hall–Kier alpha value is -2.12. The van der Waals surface area contributed by atoms with E-state index in [9.17, 15) is 18.0 Å². The van der Waals surface area contributed by atoms with Crippen LogP contribution in [0.4, 0.5) is 29.3 Å². The van der Waals surface area contributed by atoms with Crippen molar-refractivity contribution in [1.82, 2.24) is 5.32 Å².